The maximum Gasteiger partial charge on any atom is 0.149 e. The summed E-state index contributed by atoms with van der Waals surface area (Å²) in [5.41, 5.74) is 0. The van der Waals surface area contributed by atoms with Crippen LogP contribution in [0.25, 0.3) is 0 Å². The Hall–Kier alpha value is -0.410. The molecule has 1 aliphatic carbocycles. The van der Waals surface area contributed by atoms with Crippen LogP contribution in [0.3, 0.4) is 0 Å². The molecule has 0 heterocycles. The lowest BCUT2D eigenvalue weighted by Gasteiger charge is -2.18. The van der Waals surface area contributed by atoms with Gasteiger partial charge in [-0.3, -0.25) is 9.69 Å². The molecule has 0 radical (unpaired) electrons. The van der Waals surface area contributed by atoms with Crippen molar-refractivity contribution < 1.29 is 9.53 Å². The van der Waals surface area contributed by atoms with Crippen LogP contribution in [0.1, 0.15) is 39.5 Å². The van der Waals surface area contributed by atoms with Gasteiger partial charge in [0.1, 0.15) is 5.78 Å². The Morgan fingerprint density at radius 2 is 2.00 bits per heavy atom. The maximum absolute atomic E-state index is 11.9. The lowest BCUT2D eigenvalue weighted by Crippen LogP contribution is -2.32. The van der Waals surface area contributed by atoms with E-state index in [-0.39, 0.29) is 6.10 Å². The van der Waals surface area contributed by atoms with Crippen molar-refractivity contribution in [3.8, 4) is 0 Å². The van der Waals surface area contributed by atoms with Gasteiger partial charge < -0.3 is 4.74 Å². The highest BCUT2D eigenvalue weighted by molar-refractivity contribution is 5.83. The molecule has 0 aromatic carbocycles. The summed E-state index contributed by atoms with van der Waals surface area (Å²) in [6.45, 7) is 6.21. The van der Waals surface area contributed by atoms with Gasteiger partial charge in [0.15, 0.2) is 0 Å². The summed E-state index contributed by atoms with van der Waals surface area (Å²) >= 11 is 0. The molecular weight excluding hydrogens is 202 g/mol. The van der Waals surface area contributed by atoms with Gasteiger partial charge in [-0.05, 0) is 33.7 Å². The number of hydrogen-bond donors (Lipinski definition) is 0. The zero-order chi connectivity index (χ0) is 12.0. The van der Waals surface area contributed by atoms with Crippen LogP contribution >= 0.6 is 0 Å². The summed E-state index contributed by atoms with van der Waals surface area (Å²) in [5.74, 6) is 0.762. The molecule has 0 atom stereocenters. The lowest BCUT2D eigenvalue weighted by molar-refractivity contribution is -0.123. The molecule has 1 fully saturated rings. The van der Waals surface area contributed by atoms with Gasteiger partial charge in [0.2, 0.25) is 0 Å². The average molecular weight is 227 g/mol. The van der Waals surface area contributed by atoms with E-state index in [1.54, 1.807) is 0 Å². The molecule has 0 amide bonds. The Labute approximate surface area is 99.1 Å². The second-order valence-electron chi connectivity index (χ2n) is 5.11. The predicted octanol–water partition coefficient (Wildman–Crippen LogP) is 2.10. The number of carbonyl (C=O) groups is 1. The fourth-order valence-corrected chi connectivity index (χ4v) is 2.17. The van der Waals surface area contributed by atoms with Gasteiger partial charge in [-0.2, -0.15) is 0 Å². The highest BCUT2D eigenvalue weighted by atomic mass is 16.5. The van der Waals surface area contributed by atoms with Crippen LogP contribution in [0, 0.1) is 5.92 Å². The molecule has 94 valence electrons. The molecule has 0 unspecified atom stereocenters. The van der Waals surface area contributed by atoms with Crippen LogP contribution in [0.15, 0.2) is 0 Å². The summed E-state index contributed by atoms with van der Waals surface area (Å²) in [6.07, 6.45) is 4.95. The number of nitrogens with zero attached hydrogens (tertiary/aromatic N) is 1. The van der Waals surface area contributed by atoms with E-state index in [1.807, 2.05) is 20.9 Å². The van der Waals surface area contributed by atoms with Gasteiger partial charge in [-0.15, -0.1) is 0 Å². The van der Waals surface area contributed by atoms with Crippen LogP contribution in [0.4, 0.5) is 0 Å². The van der Waals surface area contributed by atoms with E-state index in [0.717, 1.165) is 19.4 Å². The Morgan fingerprint density at radius 3 is 2.56 bits per heavy atom. The van der Waals surface area contributed by atoms with E-state index in [2.05, 4.69) is 4.90 Å². The Kier molecular flexibility index (Phi) is 5.99. The summed E-state index contributed by atoms with van der Waals surface area (Å²) in [5, 5.41) is 0. The number of hydrogen-bond acceptors (Lipinski definition) is 3. The first-order valence-electron chi connectivity index (χ1n) is 6.42. The number of rotatable bonds is 7. The minimum Gasteiger partial charge on any atom is -0.377 e. The van der Waals surface area contributed by atoms with Crippen molar-refractivity contribution in [2.45, 2.75) is 45.6 Å². The monoisotopic (exact) mass is 227 g/mol. The maximum atomic E-state index is 11.9. The zero-order valence-corrected chi connectivity index (χ0v) is 10.9. The van der Waals surface area contributed by atoms with E-state index >= 15 is 0 Å². The summed E-state index contributed by atoms with van der Waals surface area (Å²) in [6, 6.07) is 0. The molecule has 16 heavy (non-hydrogen) atoms. The second kappa shape index (κ2) is 7.02. The van der Waals surface area contributed by atoms with Gasteiger partial charge in [-0.25, -0.2) is 0 Å². The third-order valence-electron chi connectivity index (χ3n) is 3.16. The molecule has 0 bridgehead atoms. The van der Waals surface area contributed by atoms with Crippen molar-refractivity contribution in [1.82, 2.24) is 4.90 Å². The molecule has 0 aromatic heterocycles. The van der Waals surface area contributed by atoms with Crippen molar-refractivity contribution in [1.29, 1.82) is 0 Å². The predicted molar refractivity (Wildman–Crippen MR) is 65.6 cm³/mol. The van der Waals surface area contributed by atoms with Crippen molar-refractivity contribution in [3.05, 3.63) is 0 Å². The van der Waals surface area contributed by atoms with Crippen molar-refractivity contribution in [2.24, 2.45) is 5.92 Å². The van der Waals surface area contributed by atoms with Crippen LogP contribution in [0.5, 0.6) is 0 Å². The number of likely N-dealkylation sites (N-methyl/N-ethyl adjacent to an activating group) is 1. The van der Waals surface area contributed by atoms with Crippen LogP contribution in [-0.4, -0.2) is 43.5 Å². The van der Waals surface area contributed by atoms with Gasteiger partial charge in [0.05, 0.1) is 19.3 Å². The first-order chi connectivity index (χ1) is 7.59. The topological polar surface area (TPSA) is 29.5 Å². The molecule has 0 spiro atoms. The van der Waals surface area contributed by atoms with Crippen molar-refractivity contribution >= 4 is 5.78 Å². The number of carbonyl (C=O) groups excluding carboxylic acids is 1. The fraction of sp³-hybridized carbons (Fsp3) is 0.923. The SMILES string of the molecule is CC(C)OCCN(C)CC(=O)C1CCCC1. The molecule has 3 heteroatoms. The number of ether oxygens (including phenoxy) is 1. The van der Waals surface area contributed by atoms with Crippen LogP contribution < -0.4 is 0 Å². The van der Waals surface area contributed by atoms with Crippen molar-refractivity contribution in [2.75, 3.05) is 26.7 Å². The minimum atomic E-state index is 0.277. The van der Waals surface area contributed by atoms with E-state index < -0.39 is 0 Å². The summed E-state index contributed by atoms with van der Waals surface area (Å²) in [4.78, 5) is 13.9. The molecule has 0 aromatic rings. The quantitative estimate of drug-likeness (QED) is 0.667. The lowest BCUT2D eigenvalue weighted by atomic mass is 10.0. The van der Waals surface area contributed by atoms with Gasteiger partial charge >= 0.3 is 0 Å². The van der Waals surface area contributed by atoms with E-state index in [0.29, 0.717) is 24.9 Å². The average Bonchev–Trinajstić information content (AvgIpc) is 2.69. The fourth-order valence-electron chi connectivity index (χ4n) is 2.17. The van der Waals surface area contributed by atoms with E-state index in [4.69, 9.17) is 4.74 Å². The first-order valence-corrected chi connectivity index (χ1v) is 6.42. The molecule has 0 aliphatic heterocycles. The van der Waals surface area contributed by atoms with Crippen LogP contribution in [0.2, 0.25) is 0 Å². The summed E-state index contributed by atoms with van der Waals surface area (Å²) in [7, 11) is 2.00. The molecule has 1 rings (SSSR count). The van der Waals surface area contributed by atoms with Gasteiger partial charge in [-0.1, -0.05) is 12.8 Å². The smallest absolute Gasteiger partial charge is 0.149 e. The standard InChI is InChI=1S/C13H25NO2/c1-11(2)16-9-8-14(3)10-13(15)12-6-4-5-7-12/h11-12H,4-10H2,1-3H3. The largest absolute Gasteiger partial charge is 0.377 e. The van der Waals surface area contributed by atoms with Gasteiger partial charge in [0.25, 0.3) is 0 Å². The Balaban J connectivity index is 2.12. The van der Waals surface area contributed by atoms with Gasteiger partial charge in [0, 0.05) is 12.5 Å². The Bertz CT molecular complexity index is 210. The summed E-state index contributed by atoms with van der Waals surface area (Å²) < 4.78 is 5.47. The highest BCUT2D eigenvalue weighted by Gasteiger charge is 2.23. The molecule has 1 aliphatic rings. The first kappa shape index (κ1) is 13.7. The normalized spacial score (nSPS) is 17.6. The van der Waals surface area contributed by atoms with E-state index in [1.165, 1.54) is 12.8 Å². The molecule has 0 N–H and O–H groups in total. The Morgan fingerprint density at radius 1 is 1.38 bits per heavy atom. The highest BCUT2D eigenvalue weighted by Crippen LogP contribution is 2.25. The number of ketones is 1. The molecule has 0 saturated heterocycles. The molecule has 1 saturated carbocycles. The zero-order valence-electron chi connectivity index (χ0n) is 10.9. The minimum absolute atomic E-state index is 0.277. The van der Waals surface area contributed by atoms with E-state index in [9.17, 15) is 4.79 Å². The number of Topliss-reactive ketones (excluding diaryl/α,β-unsaturated/α-hetero) is 1. The molecular formula is C13H25NO2. The van der Waals surface area contributed by atoms with Crippen molar-refractivity contribution in [3.63, 3.8) is 0 Å². The third-order valence-corrected chi connectivity index (χ3v) is 3.16. The third kappa shape index (κ3) is 5.08. The van der Waals surface area contributed by atoms with Crippen LogP contribution in [-0.2, 0) is 9.53 Å². The molecule has 3 nitrogen and oxygen atoms in total. The second-order valence-corrected chi connectivity index (χ2v) is 5.11.